The highest BCUT2D eigenvalue weighted by Crippen LogP contribution is 2.80. The highest BCUT2D eigenvalue weighted by Gasteiger charge is 2.79. The van der Waals surface area contributed by atoms with Crippen LogP contribution >= 0.6 is 11.8 Å². The Morgan fingerprint density at radius 1 is 0.957 bits per heavy atom. The Morgan fingerprint density at radius 3 is 2.48 bits per heavy atom. The quantitative estimate of drug-likeness (QED) is 0.788. The molecule has 6 aliphatic rings. The molecule has 6 bridgehead atoms. The number of rotatable bonds is 3. The number of aryl methyl sites for hydroxylation is 1. The van der Waals surface area contributed by atoms with E-state index in [2.05, 4.69) is 11.8 Å². The first-order valence-electron chi connectivity index (χ1n) is 8.72. The van der Waals surface area contributed by atoms with Gasteiger partial charge in [0.2, 0.25) is 0 Å². The van der Waals surface area contributed by atoms with Crippen molar-refractivity contribution in [2.24, 2.45) is 35.5 Å². The van der Waals surface area contributed by atoms with E-state index in [1.54, 1.807) is 12.1 Å². The third kappa shape index (κ3) is 1.51. The minimum Gasteiger partial charge on any atom is -0.262 e. The predicted molar refractivity (Wildman–Crippen MR) is 88.6 cm³/mol. The molecule has 0 N–H and O–H groups in total. The van der Waals surface area contributed by atoms with E-state index in [1.807, 2.05) is 19.1 Å². The largest absolute Gasteiger partial charge is 0.297 e. The van der Waals surface area contributed by atoms with E-state index in [9.17, 15) is 8.42 Å². The molecule has 0 aromatic heterocycles. The second kappa shape index (κ2) is 4.17. The fraction of sp³-hybridized carbons (Fsp3) is 0.667. The Labute approximate surface area is 141 Å². The summed E-state index contributed by atoms with van der Waals surface area (Å²) in [6, 6.07) is 7.05. The van der Waals surface area contributed by atoms with Gasteiger partial charge in [0.1, 0.15) is 0 Å². The van der Waals surface area contributed by atoms with Crippen molar-refractivity contribution in [3.05, 3.63) is 29.8 Å². The Bertz CT molecular complexity index is 783. The highest BCUT2D eigenvalue weighted by molar-refractivity contribution is 8.01. The molecule has 9 atom stereocenters. The van der Waals surface area contributed by atoms with Crippen LogP contribution in [0.4, 0.5) is 0 Å². The van der Waals surface area contributed by atoms with Crippen LogP contribution in [0.2, 0.25) is 0 Å². The van der Waals surface area contributed by atoms with Gasteiger partial charge in [-0.1, -0.05) is 17.7 Å². The van der Waals surface area contributed by atoms with Gasteiger partial charge >= 0.3 is 0 Å². The van der Waals surface area contributed by atoms with Crippen LogP contribution < -0.4 is 0 Å². The van der Waals surface area contributed by atoms with Crippen molar-refractivity contribution in [3.8, 4) is 0 Å². The number of hydrogen-bond acceptors (Lipinski definition) is 4. The summed E-state index contributed by atoms with van der Waals surface area (Å²) in [6.07, 6.45) is 2.64. The van der Waals surface area contributed by atoms with Crippen molar-refractivity contribution in [1.82, 2.24) is 0 Å². The molecule has 5 aliphatic carbocycles. The van der Waals surface area contributed by atoms with Gasteiger partial charge in [0.25, 0.3) is 10.1 Å². The summed E-state index contributed by atoms with van der Waals surface area (Å²) in [7, 11) is -3.64. The first-order valence-corrected chi connectivity index (χ1v) is 11.1. The summed E-state index contributed by atoms with van der Waals surface area (Å²) in [5.41, 5.74) is 1.07. The van der Waals surface area contributed by atoms with Crippen molar-refractivity contribution >= 4 is 21.9 Å². The van der Waals surface area contributed by atoms with E-state index < -0.39 is 10.1 Å². The van der Waals surface area contributed by atoms with Crippen LogP contribution in [-0.2, 0) is 14.3 Å². The van der Waals surface area contributed by atoms with E-state index in [1.165, 1.54) is 12.8 Å². The van der Waals surface area contributed by atoms with E-state index in [-0.39, 0.29) is 6.10 Å². The summed E-state index contributed by atoms with van der Waals surface area (Å²) in [5, 5.41) is 1.37. The Hall–Kier alpha value is -0.520. The van der Waals surface area contributed by atoms with Crippen LogP contribution in [0.1, 0.15) is 18.4 Å². The first-order chi connectivity index (χ1) is 11.1. The van der Waals surface area contributed by atoms with Crippen LogP contribution in [0.15, 0.2) is 29.2 Å². The molecule has 0 amide bonds. The standard InChI is InChI=1S/C18H20O3S2/c1-8-2-4-9(5-3-8)23(19,20)21-16-14-10-6-7-11-13-12(10)15(16)18(13)22-17(11)14/h2-5,10-18H,6-7H2,1H3/t10-,11+,12-,13+,14+,15-,16+,17+,18-/m0/s1. The lowest BCUT2D eigenvalue weighted by Gasteiger charge is -2.53. The molecular weight excluding hydrogens is 328 g/mol. The molecule has 0 radical (unpaired) electrons. The van der Waals surface area contributed by atoms with E-state index in [0.29, 0.717) is 27.2 Å². The van der Waals surface area contributed by atoms with Gasteiger partial charge in [0, 0.05) is 22.3 Å². The number of benzene rings is 1. The molecule has 1 aliphatic heterocycles. The van der Waals surface area contributed by atoms with Gasteiger partial charge in [-0.05, 0) is 55.6 Å². The lowest BCUT2D eigenvalue weighted by atomic mass is 9.50. The molecule has 5 saturated carbocycles. The Morgan fingerprint density at radius 2 is 1.70 bits per heavy atom. The third-order valence-corrected chi connectivity index (χ3v) is 10.6. The number of thioether (sulfide) groups is 1. The van der Waals surface area contributed by atoms with E-state index >= 15 is 0 Å². The lowest BCUT2D eigenvalue weighted by molar-refractivity contribution is -0.0342. The third-order valence-electron chi connectivity index (χ3n) is 7.39. The predicted octanol–water partition coefficient (Wildman–Crippen LogP) is 3.08. The Kier molecular flexibility index (Phi) is 2.49. The summed E-state index contributed by atoms with van der Waals surface area (Å²) in [4.78, 5) is 0.312. The minimum absolute atomic E-state index is 0.0471. The monoisotopic (exact) mass is 348 g/mol. The van der Waals surface area contributed by atoms with Gasteiger partial charge in [-0.3, -0.25) is 4.18 Å². The van der Waals surface area contributed by atoms with Gasteiger partial charge in [-0.25, -0.2) is 0 Å². The summed E-state index contributed by atoms with van der Waals surface area (Å²) in [5.74, 6) is 4.25. The van der Waals surface area contributed by atoms with E-state index in [4.69, 9.17) is 4.18 Å². The van der Waals surface area contributed by atoms with Crippen molar-refractivity contribution in [2.45, 2.75) is 41.3 Å². The minimum atomic E-state index is -3.64. The van der Waals surface area contributed by atoms with Crippen molar-refractivity contribution in [3.63, 3.8) is 0 Å². The molecule has 0 unspecified atom stereocenters. The second-order valence-electron chi connectivity index (χ2n) is 8.11. The topological polar surface area (TPSA) is 43.4 Å². The summed E-state index contributed by atoms with van der Waals surface area (Å²) in [6.45, 7) is 1.97. The fourth-order valence-electron chi connectivity index (χ4n) is 6.72. The molecule has 6 fully saturated rings. The molecule has 122 valence electrons. The maximum absolute atomic E-state index is 12.7. The van der Waals surface area contributed by atoms with Gasteiger partial charge < -0.3 is 0 Å². The zero-order chi connectivity index (χ0) is 15.5. The summed E-state index contributed by atoms with van der Waals surface area (Å²) < 4.78 is 31.4. The Balaban J connectivity index is 1.35. The molecule has 1 saturated heterocycles. The molecule has 23 heavy (non-hydrogen) atoms. The molecule has 0 spiro atoms. The SMILES string of the molecule is Cc1ccc(S(=O)(=O)O[C@@H]2[C@H]3[C@H]4CC[C@H]5[C@H]3S[C@H]3[C@H]5[C@H]4[C@@H]23)cc1. The van der Waals surface area contributed by atoms with E-state index in [0.717, 1.165) is 29.2 Å². The van der Waals surface area contributed by atoms with Gasteiger partial charge in [-0.15, -0.1) is 0 Å². The molecule has 7 rings (SSSR count). The fourth-order valence-corrected chi connectivity index (χ4v) is 10.4. The van der Waals surface area contributed by atoms with Crippen LogP contribution in [0.5, 0.6) is 0 Å². The molecule has 3 nitrogen and oxygen atoms in total. The highest BCUT2D eigenvalue weighted by atomic mass is 32.2. The molecule has 1 aromatic carbocycles. The molecule has 5 heteroatoms. The zero-order valence-electron chi connectivity index (χ0n) is 13.0. The second-order valence-corrected chi connectivity index (χ2v) is 11.0. The van der Waals surface area contributed by atoms with Crippen molar-refractivity contribution < 1.29 is 12.6 Å². The number of hydrogen-bond donors (Lipinski definition) is 0. The maximum Gasteiger partial charge on any atom is 0.297 e. The molecule has 1 heterocycles. The van der Waals surface area contributed by atoms with Crippen LogP contribution in [-0.4, -0.2) is 25.0 Å². The number of fused-ring (bicyclic) bond motifs is 2. The first kappa shape index (κ1) is 13.7. The maximum atomic E-state index is 12.7. The van der Waals surface area contributed by atoms with Crippen molar-refractivity contribution in [1.29, 1.82) is 0 Å². The smallest absolute Gasteiger partial charge is 0.262 e. The van der Waals surface area contributed by atoms with Gasteiger partial charge in [0.15, 0.2) is 0 Å². The average molecular weight is 348 g/mol. The van der Waals surface area contributed by atoms with Crippen LogP contribution in [0.3, 0.4) is 0 Å². The van der Waals surface area contributed by atoms with Crippen molar-refractivity contribution in [2.75, 3.05) is 0 Å². The van der Waals surface area contributed by atoms with Gasteiger partial charge in [-0.2, -0.15) is 20.2 Å². The molecular formula is C18H20O3S2. The zero-order valence-corrected chi connectivity index (χ0v) is 14.6. The summed E-state index contributed by atoms with van der Waals surface area (Å²) >= 11 is 2.18. The van der Waals surface area contributed by atoms with Crippen LogP contribution in [0.25, 0.3) is 0 Å². The van der Waals surface area contributed by atoms with Crippen LogP contribution in [0, 0.1) is 42.4 Å². The van der Waals surface area contributed by atoms with Gasteiger partial charge in [0.05, 0.1) is 11.0 Å². The normalized spacial score (nSPS) is 51.3. The molecule has 1 aromatic rings. The lowest BCUT2D eigenvalue weighted by Crippen LogP contribution is -2.54. The average Bonchev–Trinajstić information content (AvgIpc) is 2.83.